The molecule has 0 spiro atoms. The third-order valence-electron chi connectivity index (χ3n) is 2.58. The molecule has 0 aromatic carbocycles. The van der Waals surface area contributed by atoms with E-state index in [1.54, 1.807) is 6.92 Å². The van der Waals surface area contributed by atoms with Crippen LogP contribution in [0.1, 0.15) is 47.0 Å². The Morgan fingerprint density at radius 1 is 1.29 bits per heavy atom. The topological polar surface area (TPSA) is 57.5 Å². The lowest BCUT2D eigenvalue weighted by Gasteiger charge is -2.29. The molecular weight excluding hydrogens is 180 g/mol. The second kappa shape index (κ2) is 5.35. The lowest BCUT2D eigenvalue weighted by atomic mass is 9.76. The van der Waals surface area contributed by atoms with Crippen LogP contribution in [0.3, 0.4) is 0 Å². The summed E-state index contributed by atoms with van der Waals surface area (Å²) in [6, 6.07) is 0. The first-order chi connectivity index (χ1) is 6.23. The molecule has 0 aliphatic heterocycles. The Hall–Kier alpha value is -0.570. The van der Waals surface area contributed by atoms with Crippen LogP contribution in [0.15, 0.2) is 0 Å². The Bertz CT molecular complexity index is 179. The van der Waals surface area contributed by atoms with Gasteiger partial charge in [-0.1, -0.05) is 20.8 Å². The summed E-state index contributed by atoms with van der Waals surface area (Å²) in [7, 11) is 0. The third kappa shape index (κ3) is 5.97. The van der Waals surface area contributed by atoms with Crippen molar-refractivity contribution in [3.8, 4) is 0 Å². The molecule has 0 amide bonds. The van der Waals surface area contributed by atoms with E-state index in [2.05, 4.69) is 0 Å². The molecule has 0 aliphatic carbocycles. The van der Waals surface area contributed by atoms with E-state index >= 15 is 0 Å². The fourth-order valence-electron chi connectivity index (χ4n) is 1.49. The normalized spacial score (nSPS) is 16.4. The van der Waals surface area contributed by atoms with Gasteiger partial charge in [0.05, 0.1) is 6.10 Å². The maximum atomic E-state index is 10.6. The van der Waals surface area contributed by atoms with Gasteiger partial charge in [0, 0.05) is 6.42 Å². The molecule has 0 saturated heterocycles. The lowest BCUT2D eigenvalue weighted by molar-refractivity contribution is -0.139. The van der Waals surface area contributed by atoms with E-state index in [0.717, 1.165) is 6.42 Å². The largest absolute Gasteiger partial charge is 0.481 e. The van der Waals surface area contributed by atoms with Crippen molar-refractivity contribution in [1.29, 1.82) is 0 Å². The summed E-state index contributed by atoms with van der Waals surface area (Å²) >= 11 is 0. The van der Waals surface area contributed by atoms with Crippen molar-refractivity contribution in [2.45, 2.75) is 53.1 Å². The highest BCUT2D eigenvalue weighted by Gasteiger charge is 2.26. The molecule has 0 aliphatic rings. The molecule has 0 aromatic heterocycles. The van der Waals surface area contributed by atoms with Crippen LogP contribution in [0.4, 0.5) is 0 Å². The van der Waals surface area contributed by atoms with Crippen molar-refractivity contribution in [1.82, 2.24) is 0 Å². The van der Waals surface area contributed by atoms with Gasteiger partial charge in [-0.05, 0) is 31.1 Å². The highest BCUT2D eigenvalue weighted by atomic mass is 16.4. The molecule has 0 aromatic rings. The molecule has 2 unspecified atom stereocenters. The van der Waals surface area contributed by atoms with Gasteiger partial charge in [0.1, 0.15) is 0 Å². The van der Waals surface area contributed by atoms with E-state index in [4.69, 9.17) is 10.2 Å². The number of hydrogen-bond donors (Lipinski definition) is 2. The predicted molar refractivity (Wildman–Crippen MR) is 56.1 cm³/mol. The van der Waals surface area contributed by atoms with Crippen LogP contribution in [0.2, 0.25) is 0 Å². The number of carboxylic acid groups (broad SMARTS) is 1. The number of aliphatic hydroxyl groups is 1. The Labute approximate surface area is 86.1 Å². The molecule has 3 nitrogen and oxygen atoms in total. The smallest absolute Gasteiger partial charge is 0.303 e. The number of aliphatic hydroxyl groups excluding tert-OH is 1. The standard InChI is InChI=1S/C11H22O3/c1-8(12)5-6-9(7-10(13)14)11(2,3)4/h8-9,12H,5-7H2,1-4H3,(H,13,14). The summed E-state index contributed by atoms with van der Waals surface area (Å²) in [6.07, 6.45) is 1.30. The van der Waals surface area contributed by atoms with E-state index in [9.17, 15) is 4.79 Å². The van der Waals surface area contributed by atoms with Gasteiger partial charge in [-0.25, -0.2) is 0 Å². The second-order valence-corrected chi connectivity index (χ2v) is 5.09. The molecule has 0 bridgehead atoms. The van der Waals surface area contributed by atoms with Crippen molar-refractivity contribution >= 4 is 5.97 Å². The van der Waals surface area contributed by atoms with Crippen LogP contribution in [0, 0.1) is 11.3 Å². The van der Waals surface area contributed by atoms with Crippen LogP contribution in [-0.2, 0) is 4.79 Å². The van der Waals surface area contributed by atoms with E-state index in [0.29, 0.717) is 6.42 Å². The second-order valence-electron chi connectivity index (χ2n) is 5.09. The average Bonchev–Trinajstić information content (AvgIpc) is 1.94. The van der Waals surface area contributed by atoms with Gasteiger partial charge in [0.25, 0.3) is 0 Å². The molecule has 84 valence electrons. The number of carbonyl (C=O) groups is 1. The quantitative estimate of drug-likeness (QED) is 0.719. The number of aliphatic carboxylic acids is 1. The molecule has 0 fully saturated rings. The number of rotatable bonds is 5. The van der Waals surface area contributed by atoms with Crippen LogP contribution < -0.4 is 0 Å². The summed E-state index contributed by atoms with van der Waals surface area (Å²) < 4.78 is 0. The van der Waals surface area contributed by atoms with Crippen LogP contribution in [0.25, 0.3) is 0 Å². The molecule has 3 heteroatoms. The fourth-order valence-corrected chi connectivity index (χ4v) is 1.49. The summed E-state index contributed by atoms with van der Waals surface area (Å²) in [5.74, 6) is -0.620. The maximum absolute atomic E-state index is 10.6. The average molecular weight is 202 g/mol. The molecule has 14 heavy (non-hydrogen) atoms. The van der Waals surface area contributed by atoms with Crippen molar-refractivity contribution < 1.29 is 15.0 Å². The monoisotopic (exact) mass is 202 g/mol. The van der Waals surface area contributed by atoms with Crippen molar-refractivity contribution in [3.63, 3.8) is 0 Å². The molecule has 0 rings (SSSR count). The zero-order valence-corrected chi connectivity index (χ0v) is 9.58. The maximum Gasteiger partial charge on any atom is 0.303 e. The summed E-state index contributed by atoms with van der Waals surface area (Å²) in [6.45, 7) is 7.87. The van der Waals surface area contributed by atoms with Crippen molar-refractivity contribution in [3.05, 3.63) is 0 Å². The third-order valence-corrected chi connectivity index (χ3v) is 2.58. The van der Waals surface area contributed by atoms with Crippen molar-refractivity contribution in [2.75, 3.05) is 0 Å². The number of carboxylic acids is 1. The van der Waals surface area contributed by atoms with E-state index in [1.807, 2.05) is 20.8 Å². The van der Waals surface area contributed by atoms with Crippen LogP contribution in [0.5, 0.6) is 0 Å². The fraction of sp³-hybridized carbons (Fsp3) is 0.909. The first-order valence-electron chi connectivity index (χ1n) is 5.13. The highest BCUT2D eigenvalue weighted by Crippen LogP contribution is 2.32. The summed E-state index contributed by atoms with van der Waals surface area (Å²) in [5.41, 5.74) is -0.00667. The van der Waals surface area contributed by atoms with E-state index < -0.39 is 5.97 Å². The van der Waals surface area contributed by atoms with Crippen LogP contribution in [-0.4, -0.2) is 22.3 Å². The predicted octanol–water partition coefficient (Wildman–Crippen LogP) is 2.28. The van der Waals surface area contributed by atoms with Gasteiger partial charge < -0.3 is 10.2 Å². The lowest BCUT2D eigenvalue weighted by Crippen LogP contribution is -2.24. The Morgan fingerprint density at radius 3 is 2.07 bits per heavy atom. The molecular formula is C11H22O3. The van der Waals surface area contributed by atoms with Crippen molar-refractivity contribution in [2.24, 2.45) is 11.3 Å². The van der Waals surface area contributed by atoms with Crippen LogP contribution >= 0.6 is 0 Å². The molecule has 0 heterocycles. The minimum Gasteiger partial charge on any atom is -0.481 e. The minimum absolute atomic E-state index is 0.00667. The van der Waals surface area contributed by atoms with Gasteiger partial charge in [0.15, 0.2) is 0 Å². The SMILES string of the molecule is CC(O)CCC(CC(=O)O)C(C)(C)C. The zero-order valence-electron chi connectivity index (χ0n) is 9.58. The highest BCUT2D eigenvalue weighted by molar-refractivity contribution is 5.67. The number of hydrogen-bond acceptors (Lipinski definition) is 2. The van der Waals surface area contributed by atoms with Gasteiger partial charge in [-0.15, -0.1) is 0 Å². The van der Waals surface area contributed by atoms with Gasteiger partial charge in [0.2, 0.25) is 0 Å². The van der Waals surface area contributed by atoms with Gasteiger partial charge in [-0.2, -0.15) is 0 Å². The first kappa shape index (κ1) is 13.4. The molecule has 0 saturated carbocycles. The molecule has 2 N–H and O–H groups in total. The first-order valence-corrected chi connectivity index (χ1v) is 5.13. The Balaban J connectivity index is 4.19. The Kier molecular flexibility index (Phi) is 5.13. The summed E-state index contributed by atoms with van der Waals surface area (Å²) in [4.78, 5) is 10.6. The Morgan fingerprint density at radius 2 is 1.79 bits per heavy atom. The van der Waals surface area contributed by atoms with E-state index in [-0.39, 0.29) is 23.9 Å². The van der Waals surface area contributed by atoms with Gasteiger partial charge in [-0.3, -0.25) is 4.79 Å². The molecule has 2 atom stereocenters. The summed E-state index contributed by atoms with van der Waals surface area (Å²) in [5, 5.41) is 17.9. The molecule has 0 radical (unpaired) electrons. The van der Waals surface area contributed by atoms with Gasteiger partial charge >= 0.3 is 5.97 Å². The zero-order chi connectivity index (χ0) is 11.4. The van der Waals surface area contributed by atoms with E-state index in [1.165, 1.54) is 0 Å². The minimum atomic E-state index is -0.754.